The Labute approximate surface area is 150 Å². The molecule has 1 aromatic rings. The minimum atomic E-state index is -1.49. The van der Waals surface area contributed by atoms with Gasteiger partial charge in [0, 0.05) is 6.42 Å². The van der Waals surface area contributed by atoms with Crippen LogP contribution in [0.15, 0.2) is 24.3 Å². The second kappa shape index (κ2) is 8.15. The molecule has 0 spiro atoms. The van der Waals surface area contributed by atoms with Gasteiger partial charge in [0.15, 0.2) is 17.3 Å². The molecular formula is C18H22O8. The summed E-state index contributed by atoms with van der Waals surface area (Å²) in [5.41, 5.74) is 0.747. The van der Waals surface area contributed by atoms with Crippen LogP contribution in [0.3, 0.4) is 0 Å². The molecule has 4 N–H and O–H groups in total. The van der Waals surface area contributed by atoms with Crippen molar-refractivity contribution < 1.29 is 39.4 Å². The summed E-state index contributed by atoms with van der Waals surface area (Å²) < 4.78 is 16.2. The maximum atomic E-state index is 12.2. The van der Waals surface area contributed by atoms with Gasteiger partial charge in [0.2, 0.25) is 0 Å². The van der Waals surface area contributed by atoms with Crippen molar-refractivity contribution in [3.05, 3.63) is 29.8 Å². The van der Waals surface area contributed by atoms with Crippen LogP contribution in [0, 0.1) is 0 Å². The third-order valence-corrected chi connectivity index (χ3v) is 4.42. The Kier molecular flexibility index (Phi) is 5.90. The summed E-state index contributed by atoms with van der Waals surface area (Å²) >= 11 is 0. The van der Waals surface area contributed by atoms with Crippen LogP contribution in [0.25, 0.3) is 6.08 Å². The summed E-state index contributed by atoms with van der Waals surface area (Å²) in [6, 6.07) is 5.30. The number of allylic oxidation sites excluding steroid dienone is 1. The third kappa shape index (κ3) is 4.05. The normalized spacial score (nSPS) is 31.2. The van der Waals surface area contributed by atoms with Crippen LogP contribution in [0.4, 0.5) is 0 Å². The number of ether oxygens (including phenoxy) is 3. The Hall–Kier alpha value is -1.97. The molecule has 8 nitrogen and oxygen atoms in total. The quantitative estimate of drug-likeness (QED) is 0.503. The summed E-state index contributed by atoms with van der Waals surface area (Å²) in [5.74, 6) is 0.935. The van der Waals surface area contributed by atoms with E-state index in [9.17, 15) is 20.1 Å². The first-order valence-electron chi connectivity index (χ1n) is 8.40. The molecule has 2 heterocycles. The Morgan fingerprint density at radius 3 is 2.46 bits per heavy atom. The molecule has 142 valence electrons. The molecule has 1 aromatic carbocycles. The number of fused-ring (bicyclic) bond motifs is 1. The molecule has 0 radical (unpaired) electrons. The zero-order valence-corrected chi connectivity index (χ0v) is 14.0. The Morgan fingerprint density at radius 1 is 1.04 bits per heavy atom. The lowest BCUT2D eigenvalue weighted by molar-refractivity contribution is -0.229. The molecular weight excluding hydrogens is 344 g/mol. The zero-order valence-electron chi connectivity index (χ0n) is 14.0. The molecule has 5 atom stereocenters. The number of ketones is 1. The van der Waals surface area contributed by atoms with Crippen LogP contribution in [0.5, 0.6) is 11.5 Å². The molecule has 1 fully saturated rings. The maximum absolute atomic E-state index is 12.2. The second-order valence-corrected chi connectivity index (χ2v) is 6.27. The standard InChI is InChI=1S/C18H22O8/c19-9-15-17(22)18(23)16(21)14(26-15)8-11(20)3-1-10-2-4-12-13(7-10)25-6-5-24-12/h1-4,7,14-19,21-23H,5-6,8-9H2/b3-1+/t14-,15+,16-,17+,18+/m0/s1. The highest BCUT2D eigenvalue weighted by atomic mass is 16.6. The predicted molar refractivity (Wildman–Crippen MR) is 89.9 cm³/mol. The van der Waals surface area contributed by atoms with Gasteiger partial charge in [-0.2, -0.15) is 0 Å². The lowest BCUT2D eigenvalue weighted by atomic mass is 9.92. The van der Waals surface area contributed by atoms with E-state index < -0.39 is 37.1 Å². The number of aliphatic hydroxyl groups is 4. The molecule has 1 saturated heterocycles. The fourth-order valence-corrected chi connectivity index (χ4v) is 2.97. The minimum Gasteiger partial charge on any atom is -0.486 e. The van der Waals surface area contributed by atoms with E-state index in [1.165, 1.54) is 6.08 Å². The van der Waals surface area contributed by atoms with Crippen molar-refractivity contribution in [2.24, 2.45) is 0 Å². The van der Waals surface area contributed by atoms with Gasteiger partial charge < -0.3 is 34.6 Å². The highest BCUT2D eigenvalue weighted by Crippen LogP contribution is 2.31. The fourth-order valence-electron chi connectivity index (χ4n) is 2.97. The zero-order chi connectivity index (χ0) is 18.7. The largest absolute Gasteiger partial charge is 0.486 e. The Bertz CT molecular complexity index is 671. The maximum Gasteiger partial charge on any atom is 0.161 e. The van der Waals surface area contributed by atoms with E-state index in [1.807, 2.05) is 0 Å². The number of carbonyl (C=O) groups is 1. The Balaban J connectivity index is 1.62. The molecule has 0 aliphatic carbocycles. The van der Waals surface area contributed by atoms with E-state index in [-0.39, 0.29) is 12.2 Å². The van der Waals surface area contributed by atoms with Crippen molar-refractivity contribution in [3.63, 3.8) is 0 Å². The van der Waals surface area contributed by atoms with Crippen LogP contribution in [-0.2, 0) is 9.53 Å². The smallest absolute Gasteiger partial charge is 0.161 e. The summed E-state index contributed by atoms with van der Waals surface area (Å²) in [5, 5.41) is 38.6. The van der Waals surface area contributed by atoms with Crippen molar-refractivity contribution in [2.75, 3.05) is 19.8 Å². The van der Waals surface area contributed by atoms with Gasteiger partial charge in [-0.1, -0.05) is 12.1 Å². The summed E-state index contributed by atoms with van der Waals surface area (Å²) in [7, 11) is 0. The van der Waals surface area contributed by atoms with Gasteiger partial charge in [0.25, 0.3) is 0 Å². The van der Waals surface area contributed by atoms with Gasteiger partial charge in [0.1, 0.15) is 37.6 Å². The number of hydrogen-bond donors (Lipinski definition) is 4. The molecule has 0 unspecified atom stereocenters. The molecule has 2 aliphatic heterocycles. The average Bonchev–Trinajstić information content (AvgIpc) is 2.66. The Morgan fingerprint density at radius 2 is 1.73 bits per heavy atom. The van der Waals surface area contributed by atoms with Crippen molar-refractivity contribution >= 4 is 11.9 Å². The van der Waals surface area contributed by atoms with Gasteiger partial charge >= 0.3 is 0 Å². The van der Waals surface area contributed by atoms with Gasteiger partial charge in [-0.15, -0.1) is 0 Å². The van der Waals surface area contributed by atoms with E-state index in [0.29, 0.717) is 24.7 Å². The highest BCUT2D eigenvalue weighted by Gasteiger charge is 2.43. The summed E-state index contributed by atoms with van der Waals surface area (Å²) in [6.45, 7) is 0.443. The predicted octanol–water partition coefficient (Wildman–Crippen LogP) is -0.727. The fraction of sp³-hybridized carbons (Fsp3) is 0.500. The number of aliphatic hydroxyl groups excluding tert-OH is 4. The highest BCUT2D eigenvalue weighted by molar-refractivity contribution is 5.94. The summed E-state index contributed by atoms with van der Waals surface area (Å²) in [6.07, 6.45) is -3.62. The van der Waals surface area contributed by atoms with E-state index in [4.69, 9.17) is 19.3 Å². The average molecular weight is 366 g/mol. The van der Waals surface area contributed by atoms with Gasteiger partial charge in [-0.3, -0.25) is 4.79 Å². The van der Waals surface area contributed by atoms with Crippen LogP contribution < -0.4 is 9.47 Å². The molecule has 0 saturated carbocycles. The second-order valence-electron chi connectivity index (χ2n) is 6.27. The minimum absolute atomic E-state index is 0.192. The number of benzene rings is 1. The molecule has 0 aromatic heterocycles. The SMILES string of the molecule is O=C(/C=C/c1ccc2c(c1)OCCO2)C[C@@H]1O[C@H](CO)[C@@H](O)[C@H](O)[C@H]1O. The van der Waals surface area contributed by atoms with E-state index in [2.05, 4.69) is 0 Å². The first-order valence-corrected chi connectivity index (χ1v) is 8.40. The molecule has 2 aliphatic rings. The van der Waals surface area contributed by atoms with E-state index >= 15 is 0 Å². The van der Waals surface area contributed by atoms with Crippen LogP contribution in [0.2, 0.25) is 0 Å². The number of carbonyl (C=O) groups excluding carboxylic acids is 1. The van der Waals surface area contributed by atoms with Crippen molar-refractivity contribution in [1.29, 1.82) is 0 Å². The van der Waals surface area contributed by atoms with Crippen molar-refractivity contribution in [1.82, 2.24) is 0 Å². The van der Waals surface area contributed by atoms with Gasteiger partial charge in [-0.25, -0.2) is 0 Å². The number of hydrogen-bond acceptors (Lipinski definition) is 8. The van der Waals surface area contributed by atoms with E-state index in [1.54, 1.807) is 24.3 Å². The molecule has 0 bridgehead atoms. The first kappa shape index (κ1) is 18.8. The van der Waals surface area contributed by atoms with Crippen LogP contribution in [0.1, 0.15) is 12.0 Å². The molecule has 8 heteroatoms. The van der Waals surface area contributed by atoms with Crippen molar-refractivity contribution in [3.8, 4) is 11.5 Å². The lowest BCUT2D eigenvalue weighted by Crippen LogP contribution is -2.58. The molecule has 0 amide bonds. The van der Waals surface area contributed by atoms with E-state index in [0.717, 1.165) is 5.56 Å². The monoisotopic (exact) mass is 366 g/mol. The number of rotatable bonds is 5. The topological polar surface area (TPSA) is 126 Å². The van der Waals surface area contributed by atoms with Crippen molar-refractivity contribution in [2.45, 2.75) is 36.9 Å². The molecule has 3 rings (SSSR count). The van der Waals surface area contributed by atoms with Crippen LogP contribution in [-0.4, -0.2) is 76.5 Å². The van der Waals surface area contributed by atoms with Gasteiger partial charge in [-0.05, 0) is 23.8 Å². The first-order chi connectivity index (χ1) is 12.5. The van der Waals surface area contributed by atoms with Crippen LogP contribution >= 0.6 is 0 Å². The van der Waals surface area contributed by atoms with Gasteiger partial charge in [0.05, 0.1) is 12.7 Å². The summed E-state index contributed by atoms with van der Waals surface area (Å²) in [4.78, 5) is 12.2. The lowest BCUT2D eigenvalue weighted by Gasteiger charge is -2.39. The molecule has 26 heavy (non-hydrogen) atoms. The third-order valence-electron chi connectivity index (χ3n) is 4.42.